The van der Waals surface area contributed by atoms with Crippen LogP contribution in [0.25, 0.3) is 0 Å². The normalized spacial score (nSPS) is 16.6. The van der Waals surface area contributed by atoms with Crippen molar-refractivity contribution in [2.45, 2.75) is 25.4 Å². The van der Waals surface area contributed by atoms with Crippen molar-refractivity contribution in [1.29, 1.82) is 0 Å². The summed E-state index contributed by atoms with van der Waals surface area (Å²) in [7, 11) is 2.06. The quantitative estimate of drug-likeness (QED) is 0.807. The van der Waals surface area contributed by atoms with Gasteiger partial charge >= 0.3 is 0 Å². The van der Waals surface area contributed by atoms with E-state index in [0.29, 0.717) is 0 Å². The minimum absolute atomic E-state index is 0.379. The topological polar surface area (TPSA) is 23.5 Å². The molecular formula is C15H20BNO. The van der Waals surface area contributed by atoms with Crippen molar-refractivity contribution >= 4 is 13.3 Å². The molecule has 1 aromatic carbocycles. The van der Waals surface area contributed by atoms with Gasteiger partial charge in [-0.15, -0.1) is 0 Å². The van der Waals surface area contributed by atoms with E-state index in [0.717, 1.165) is 31.4 Å². The van der Waals surface area contributed by atoms with Crippen LogP contribution in [0.15, 0.2) is 48.8 Å². The zero-order chi connectivity index (χ0) is 12.8. The third kappa shape index (κ3) is 3.78. The second kappa shape index (κ2) is 6.46. The fourth-order valence-electron chi connectivity index (χ4n) is 2.04. The zero-order valence-corrected chi connectivity index (χ0v) is 10.9. The summed E-state index contributed by atoms with van der Waals surface area (Å²) in [4.78, 5) is 2.14. The van der Waals surface area contributed by atoms with Crippen molar-refractivity contribution in [3.05, 3.63) is 54.4 Å². The monoisotopic (exact) mass is 241 g/mol. The summed E-state index contributed by atoms with van der Waals surface area (Å²) in [5.41, 5.74) is 2.23. The maximum Gasteiger partial charge on any atom is 0.139 e. The van der Waals surface area contributed by atoms with Gasteiger partial charge in [0.25, 0.3) is 0 Å². The number of benzene rings is 1. The van der Waals surface area contributed by atoms with Crippen molar-refractivity contribution in [1.82, 2.24) is 4.90 Å². The van der Waals surface area contributed by atoms with Gasteiger partial charge in [-0.1, -0.05) is 41.9 Å². The lowest BCUT2D eigenvalue weighted by atomic mass is 9.94. The summed E-state index contributed by atoms with van der Waals surface area (Å²) in [6.07, 6.45) is 11.1. The lowest BCUT2D eigenvalue weighted by Crippen LogP contribution is -2.14. The van der Waals surface area contributed by atoms with E-state index < -0.39 is 0 Å². The molecule has 18 heavy (non-hydrogen) atoms. The van der Waals surface area contributed by atoms with Gasteiger partial charge < -0.3 is 10.0 Å². The minimum Gasteiger partial charge on any atom is -0.388 e. The van der Waals surface area contributed by atoms with Crippen molar-refractivity contribution in [2.75, 3.05) is 6.54 Å². The van der Waals surface area contributed by atoms with E-state index >= 15 is 0 Å². The molecule has 2 rings (SSSR count). The largest absolute Gasteiger partial charge is 0.388 e. The van der Waals surface area contributed by atoms with Crippen LogP contribution >= 0.6 is 0 Å². The number of allylic oxidation sites excluding steroid dienone is 2. The smallest absolute Gasteiger partial charge is 0.139 e. The Kier molecular flexibility index (Phi) is 4.65. The Balaban J connectivity index is 1.87. The highest BCUT2D eigenvalue weighted by atomic mass is 16.3. The highest BCUT2D eigenvalue weighted by Crippen LogP contribution is 2.16. The standard InChI is InChI=1S/C15H20BNO/c16-14-7-5-13(6-8-14)15(18)9-12-17-10-3-1-2-4-11-17/h3-8,10-11,15,18H,1-2,9,12,16H2. The van der Waals surface area contributed by atoms with E-state index in [4.69, 9.17) is 0 Å². The molecule has 1 aliphatic heterocycles. The highest BCUT2D eigenvalue weighted by Gasteiger charge is 2.08. The average molecular weight is 241 g/mol. The van der Waals surface area contributed by atoms with Gasteiger partial charge in [0, 0.05) is 6.54 Å². The second-order valence-electron chi connectivity index (χ2n) is 4.80. The van der Waals surface area contributed by atoms with Crippen LogP contribution in [0.4, 0.5) is 0 Å². The molecule has 0 saturated carbocycles. The van der Waals surface area contributed by atoms with E-state index in [2.05, 4.69) is 37.3 Å². The van der Waals surface area contributed by atoms with Gasteiger partial charge in [-0.05, 0) is 37.2 Å². The summed E-state index contributed by atoms with van der Waals surface area (Å²) in [6.45, 7) is 0.849. The van der Waals surface area contributed by atoms with Gasteiger partial charge in [-0.2, -0.15) is 0 Å². The van der Waals surface area contributed by atoms with Crippen molar-refractivity contribution in [3.63, 3.8) is 0 Å². The van der Waals surface area contributed by atoms with E-state index in [1.165, 1.54) is 5.46 Å². The first-order chi connectivity index (χ1) is 8.75. The van der Waals surface area contributed by atoms with Gasteiger partial charge in [0.05, 0.1) is 6.10 Å². The highest BCUT2D eigenvalue weighted by molar-refractivity contribution is 6.32. The lowest BCUT2D eigenvalue weighted by molar-refractivity contribution is 0.159. The Morgan fingerprint density at radius 1 is 1.11 bits per heavy atom. The molecule has 94 valence electrons. The zero-order valence-electron chi connectivity index (χ0n) is 10.9. The Labute approximate surface area is 110 Å². The molecule has 0 amide bonds. The lowest BCUT2D eigenvalue weighted by Gasteiger charge is -2.18. The van der Waals surface area contributed by atoms with E-state index in [-0.39, 0.29) is 6.10 Å². The molecule has 2 nitrogen and oxygen atoms in total. The number of aliphatic hydroxyl groups excluding tert-OH is 1. The van der Waals surface area contributed by atoms with Crippen LogP contribution in [0.3, 0.4) is 0 Å². The molecule has 0 spiro atoms. The number of rotatable bonds is 4. The summed E-state index contributed by atoms with van der Waals surface area (Å²) in [5, 5.41) is 10.1. The van der Waals surface area contributed by atoms with Crippen LogP contribution in [-0.2, 0) is 0 Å². The Morgan fingerprint density at radius 3 is 2.33 bits per heavy atom. The molecular weight excluding hydrogens is 221 g/mol. The summed E-state index contributed by atoms with van der Waals surface area (Å²) in [6, 6.07) is 8.11. The Bertz CT molecular complexity index is 411. The first-order valence-corrected chi connectivity index (χ1v) is 6.59. The first-order valence-electron chi connectivity index (χ1n) is 6.59. The number of hydrogen-bond donors (Lipinski definition) is 1. The second-order valence-corrected chi connectivity index (χ2v) is 4.80. The first kappa shape index (κ1) is 13.0. The van der Waals surface area contributed by atoms with E-state index in [9.17, 15) is 5.11 Å². The molecule has 1 atom stereocenters. The van der Waals surface area contributed by atoms with Gasteiger partial charge in [-0.25, -0.2) is 0 Å². The SMILES string of the molecule is Bc1ccc(C(O)CCN2C=CCCC=C2)cc1. The molecule has 1 aromatic rings. The molecule has 1 heterocycles. The molecule has 1 aliphatic rings. The average Bonchev–Trinajstić information content (AvgIpc) is 2.65. The number of nitrogens with zero attached hydrogens (tertiary/aromatic N) is 1. The Morgan fingerprint density at radius 2 is 1.72 bits per heavy atom. The van der Waals surface area contributed by atoms with Crippen LogP contribution in [0.2, 0.25) is 0 Å². The predicted octanol–water partition coefficient (Wildman–Crippen LogP) is 1.49. The summed E-state index contributed by atoms with van der Waals surface area (Å²) in [5.74, 6) is 0. The third-order valence-corrected chi connectivity index (χ3v) is 3.22. The van der Waals surface area contributed by atoms with Crippen molar-refractivity contribution in [3.8, 4) is 0 Å². The number of aliphatic hydroxyl groups is 1. The maximum atomic E-state index is 10.1. The molecule has 1 unspecified atom stereocenters. The number of hydrogen-bond acceptors (Lipinski definition) is 2. The predicted molar refractivity (Wildman–Crippen MR) is 78.4 cm³/mol. The summed E-state index contributed by atoms with van der Waals surface area (Å²) >= 11 is 0. The maximum absolute atomic E-state index is 10.1. The molecule has 3 heteroatoms. The third-order valence-electron chi connectivity index (χ3n) is 3.22. The van der Waals surface area contributed by atoms with Crippen LogP contribution in [0.1, 0.15) is 30.9 Å². The molecule has 0 aliphatic carbocycles. The van der Waals surface area contributed by atoms with Gasteiger partial charge in [0.1, 0.15) is 7.85 Å². The molecule has 0 aromatic heterocycles. The van der Waals surface area contributed by atoms with E-state index in [1.807, 2.05) is 24.3 Å². The fourth-order valence-corrected chi connectivity index (χ4v) is 2.04. The fraction of sp³-hybridized carbons (Fsp3) is 0.333. The summed E-state index contributed by atoms with van der Waals surface area (Å²) < 4.78 is 0. The van der Waals surface area contributed by atoms with Crippen LogP contribution < -0.4 is 5.46 Å². The van der Waals surface area contributed by atoms with Crippen molar-refractivity contribution < 1.29 is 5.11 Å². The van der Waals surface area contributed by atoms with Crippen LogP contribution in [0.5, 0.6) is 0 Å². The van der Waals surface area contributed by atoms with Crippen LogP contribution in [-0.4, -0.2) is 24.4 Å². The van der Waals surface area contributed by atoms with Gasteiger partial charge in [-0.3, -0.25) is 0 Å². The molecule has 0 radical (unpaired) electrons. The van der Waals surface area contributed by atoms with E-state index in [1.54, 1.807) is 0 Å². The van der Waals surface area contributed by atoms with Gasteiger partial charge in [0.2, 0.25) is 0 Å². The van der Waals surface area contributed by atoms with Gasteiger partial charge in [0.15, 0.2) is 0 Å². The molecule has 1 N–H and O–H groups in total. The van der Waals surface area contributed by atoms with Crippen molar-refractivity contribution in [2.24, 2.45) is 0 Å². The Hall–Kier alpha value is -1.48. The molecule has 0 fully saturated rings. The van der Waals surface area contributed by atoms with Crippen LogP contribution in [0, 0.1) is 0 Å². The molecule has 0 bridgehead atoms. The molecule has 0 saturated heterocycles. The minimum atomic E-state index is -0.379.